The molecule has 0 spiro atoms. The quantitative estimate of drug-likeness (QED) is 0.325. The van der Waals surface area contributed by atoms with E-state index in [9.17, 15) is 24.6 Å². The number of hydrogen-bond donors (Lipinski definition) is 3. The topological polar surface area (TPSA) is 116 Å². The van der Waals surface area contributed by atoms with Gasteiger partial charge in [-0.05, 0) is 12.8 Å². The lowest BCUT2D eigenvalue weighted by molar-refractivity contribution is -0.158. The summed E-state index contributed by atoms with van der Waals surface area (Å²) in [6.45, 7) is 1.94. The Balaban J connectivity index is 1.93. The maximum atomic E-state index is 11.8. The van der Waals surface area contributed by atoms with Crippen molar-refractivity contribution in [2.45, 2.75) is 63.4 Å². The number of carbonyl (C=O) groups is 3. The number of piperidine rings is 1. The fraction of sp³-hybridized carbons (Fsp3) is 0.786. The summed E-state index contributed by atoms with van der Waals surface area (Å²) < 4.78 is 5.14. The van der Waals surface area contributed by atoms with Crippen molar-refractivity contribution in [2.24, 2.45) is 0 Å². The first-order valence-corrected chi connectivity index (χ1v) is 7.60. The molecule has 2 fully saturated rings. The SMILES string of the molecule is CCCCCC(=O)OC[C@@H]1CC(O)C(O)C2NC(=O)C(=O)N21. The smallest absolute Gasteiger partial charge is 0.314 e. The van der Waals surface area contributed by atoms with Crippen LogP contribution in [0.2, 0.25) is 0 Å². The Hall–Kier alpha value is -1.67. The van der Waals surface area contributed by atoms with E-state index in [2.05, 4.69) is 5.32 Å². The summed E-state index contributed by atoms with van der Waals surface area (Å²) in [6.07, 6.45) is -0.254. The van der Waals surface area contributed by atoms with E-state index < -0.39 is 36.2 Å². The largest absolute Gasteiger partial charge is 0.463 e. The maximum Gasteiger partial charge on any atom is 0.314 e. The lowest BCUT2D eigenvalue weighted by Crippen LogP contribution is -2.61. The van der Waals surface area contributed by atoms with Crippen LogP contribution >= 0.6 is 0 Å². The van der Waals surface area contributed by atoms with Crippen LogP contribution < -0.4 is 5.32 Å². The zero-order valence-electron chi connectivity index (χ0n) is 12.5. The molecular weight excluding hydrogens is 292 g/mol. The second-order valence-corrected chi connectivity index (χ2v) is 5.72. The predicted octanol–water partition coefficient (Wildman–Crippen LogP) is -1.11. The standard InChI is InChI=1S/C14H22N2O6/c1-2-3-4-5-10(18)22-7-8-6-9(17)11(19)12-15-13(20)14(21)16(8)12/h8-9,11-12,17,19H,2-7H2,1H3,(H,15,20)/t8-,9?,11?,12?/m0/s1. The Labute approximate surface area is 128 Å². The third kappa shape index (κ3) is 3.38. The van der Waals surface area contributed by atoms with Crippen molar-refractivity contribution in [3.8, 4) is 0 Å². The van der Waals surface area contributed by atoms with E-state index in [-0.39, 0.29) is 19.0 Å². The summed E-state index contributed by atoms with van der Waals surface area (Å²) in [5, 5.41) is 22.0. The van der Waals surface area contributed by atoms with Crippen molar-refractivity contribution in [3.05, 3.63) is 0 Å². The molecule has 0 radical (unpaired) electrons. The van der Waals surface area contributed by atoms with E-state index in [1.807, 2.05) is 6.92 Å². The lowest BCUT2D eigenvalue weighted by atomic mass is 9.95. The summed E-state index contributed by atoms with van der Waals surface area (Å²) in [5.41, 5.74) is 0. The zero-order valence-corrected chi connectivity index (χ0v) is 12.5. The Morgan fingerprint density at radius 2 is 2.09 bits per heavy atom. The molecule has 0 saturated carbocycles. The van der Waals surface area contributed by atoms with Gasteiger partial charge in [0, 0.05) is 6.42 Å². The number of unbranched alkanes of at least 4 members (excludes halogenated alkanes) is 2. The molecule has 0 bridgehead atoms. The summed E-state index contributed by atoms with van der Waals surface area (Å²) >= 11 is 0. The summed E-state index contributed by atoms with van der Waals surface area (Å²) in [5.74, 6) is -1.96. The van der Waals surface area contributed by atoms with Gasteiger partial charge in [0.05, 0.1) is 12.1 Å². The number of fused-ring (bicyclic) bond motifs is 1. The van der Waals surface area contributed by atoms with Crippen LogP contribution in [-0.2, 0) is 19.1 Å². The average molecular weight is 314 g/mol. The monoisotopic (exact) mass is 314 g/mol. The van der Waals surface area contributed by atoms with Gasteiger partial charge < -0.3 is 25.2 Å². The number of carbonyl (C=O) groups excluding carboxylic acids is 3. The number of ether oxygens (including phenoxy) is 1. The van der Waals surface area contributed by atoms with Crippen molar-refractivity contribution in [3.63, 3.8) is 0 Å². The molecule has 0 aromatic heterocycles. The second kappa shape index (κ2) is 7.06. The van der Waals surface area contributed by atoms with E-state index in [1.165, 1.54) is 4.90 Å². The highest BCUT2D eigenvalue weighted by Gasteiger charge is 2.51. The van der Waals surface area contributed by atoms with Gasteiger partial charge in [0.25, 0.3) is 0 Å². The minimum absolute atomic E-state index is 0.0562. The van der Waals surface area contributed by atoms with Gasteiger partial charge in [-0.3, -0.25) is 14.4 Å². The molecule has 2 heterocycles. The number of nitrogens with zero attached hydrogens (tertiary/aromatic N) is 1. The predicted molar refractivity (Wildman–Crippen MR) is 74.3 cm³/mol. The van der Waals surface area contributed by atoms with Crippen molar-refractivity contribution < 1.29 is 29.3 Å². The molecular formula is C14H22N2O6. The first-order valence-electron chi connectivity index (χ1n) is 7.60. The first-order chi connectivity index (χ1) is 10.5. The Morgan fingerprint density at radius 1 is 1.36 bits per heavy atom. The molecule has 2 aliphatic rings. The Kier molecular flexibility index (Phi) is 5.36. The van der Waals surface area contributed by atoms with Crippen LogP contribution in [0.5, 0.6) is 0 Å². The number of aliphatic hydroxyl groups excluding tert-OH is 2. The van der Waals surface area contributed by atoms with Gasteiger partial charge in [0.1, 0.15) is 18.9 Å². The van der Waals surface area contributed by atoms with Crippen LogP contribution in [0.4, 0.5) is 0 Å². The molecule has 2 aliphatic heterocycles. The third-order valence-corrected chi connectivity index (χ3v) is 4.05. The van der Waals surface area contributed by atoms with Crippen molar-refractivity contribution in [1.29, 1.82) is 0 Å². The maximum absolute atomic E-state index is 11.8. The number of esters is 1. The van der Waals surface area contributed by atoms with Gasteiger partial charge in [-0.15, -0.1) is 0 Å². The van der Waals surface area contributed by atoms with Crippen molar-refractivity contribution >= 4 is 17.8 Å². The van der Waals surface area contributed by atoms with Gasteiger partial charge in [0.15, 0.2) is 0 Å². The third-order valence-electron chi connectivity index (χ3n) is 4.05. The normalized spacial score (nSPS) is 31.0. The minimum atomic E-state index is -1.24. The van der Waals surface area contributed by atoms with E-state index in [1.54, 1.807) is 0 Å². The number of hydrogen-bond acceptors (Lipinski definition) is 6. The van der Waals surface area contributed by atoms with Gasteiger partial charge >= 0.3 is 17.8 Å². The molecule has 2 rings (SSSR count). The van der Waals surface area contributed by atoms with Crippen molar-refractivity contribution in [1.82, 2.24) is 10.2 Å². The van der Waals surface area contributed by atoms with E-state index in [0.29, 0.717) is 6.42 Å². The second-order valence-electron chi connectivity index (χ2n) is 5.72. The molecule has 3 unspecified atom stereocenters. The molecule has 2 amide bonds. The zero-order chi connectivity index (χ0) is 16.3. The number of rotatable bonds is 6. The van der Waals surface area contributed by atoms with Crippen LogP contribution in [0, 0.1) is 0 Å². The van der Waals surface area contributed by atoms with Gasteiger partial charge in [-0.1, -0.05) is 19.8 Å². The Morgan fingerprint density at radius 3 is 2.77 bits per heavy atom. The van der Waals surface area contributed by atoms with Crippen LogP contribution in [-0.4, -0.2) is 63.9 Å². The molecule has 8 heteroatoms. The van der Waals surface area contributed by atoms with Crippen LogP contribution in [0.1, 0.15) is 39.0 Å². The lowest BCUT2D eigenvalue weighted by Gasteiger charge is -2.41. The number of aliphatic hydroxyl groups is 2. The fourth-order valence-electron chi connectivity index (χ4n) is 2.82. The highest BCUT2D eigenvalue weighted by atomic mass is 16.5. The molecule has 0 aromatic rings. The number of nitrogens with one attached hydrogen (secondary N) is 1. The minimum Gasteiger partial charge on any atom is -0.463 e. The molecule has 3 N–H and O–H groups in total. The Bertz CT molecular complexity index is 455. The molecule has 2 saturated heterocycles. The van der Waals surface area contributed by atoms with Crippen molar-refractivity contribution in [2.75, 3.05) is 6.61 Å². The van der Waals surface area contributed by atoms with Gasteiger partial charge in [-0.25, -0.2) is 0 Å². The molecule has 0 aromatic carbocycles. The van der Waals surface area contributed by atoms with Gasteiger partial charge in [0.2, 0.25) is 0 Å². The van der Waals surface area contributed by atoms with E-state index in [0.717, 1.165) is 19.3 Å². The molecule has 4 atom stereocenters. The first kappa shape index (κ1) is 16.7. The van der Waals surface area contributed by atoms with Crippen LogP contribution in [0.25, 0.3) is 0 Å². The van der Waals surface area contributed by atoms with E-state index >= 15 is 0 Å². The van der Waals surface area contributed by atoms with Gasteiger partial charge in [-0.2, -0.15) is 0 Å². The summed E-state index contributed by atoms with van der Waals surface area (Å²) in [4.78, 5) is 36.1. The highest BCUT2D eigenvalue weighted by Crippen LogP contribution is 2.26. The fourth-order valence-corrected chi connectivity index (χ4v) is 2.82. The van der Waals surface area contributed by atoms with E-state index in [4.69, 9.17) is 4.74 Å². The van der Waals surface area contributed by atoms with Crippen LogP contribution in [0.15, 0.2) is 0 Å². The summed E-state index contributed by atoms with van der Waals surface area (Å²) in [7, 11) is 0. The molecule has 22 heavy (non-hydrogen) atoms. The van der Waals surface area contributed by atoms with Crippen LogP contribution in [0.3, 0.4) is 0 Å². The molecule has 0 aliphatic carbocycles. The molecule has 8 nitrogen and oxygen atoms in total. The number of amides is 2. The molecule has 124 valence electrons. The average Bonchev–Trinajstić information content (AvgIpc) is 2.78. The highest BCUT2D eigenvalue weighted by molar-refractivity contribution is 6.37. The summed E-state index contributed by atoms with van der Waals surface area (Å²) in [6, 6.07) is -0.620.